The van der Waals surface area contributed by atoms with Gasteiger partial charge in [0.05, 0.1) is 12.0 Å². The summed E-state index contributed by atoms with van der Waals surface area (Å²) in [5, 5.41) is 0.479. The van der Waals surface area contributed by atoms with E-state index in [1.165, 1.54) is 0 Å². The van der Waals surface area contributed by atoms with Gasteiger partial charge in [-0.05, 0) is 61.1 Å². The first-order chi connectivity index (χ1) is 12.4. The lowest BCUT2D eigenvalue weighted by atomic mass is 9.94. The van der Waals surface area contributed by atoms with Crippen LogP contribution >= 0.6 is 11.6 Å². The molecule has 2 aromatic carbocycles. The van der Waals surface area contributed by atoms with Gasteiger partial charge in [0.25, 0.3) is 0 Å². The van der Waals surface area contributed by atoms with Crippen LogP contribution in [0, 0.1) is 6.92 Å². The van der Waals surface area contributed by atoms with E-state index in [-0.39, 0.29) is 5.92 Å². The average molecular weight is 394 g/mol. The zero-order valence-electron chi connectivity index (χ0n) is 15.1. The number of methoxy groups -OCH3 is 1. The van der Waals surface area contributed by atoms with Crippen LogP contribution in [-0.4, -0.2) is 32.9 Å². The van der Waals surface area contributed by atoms with Crippen molar-refractivity contribution in [3.8, 4) is 5.75 Å². The molecule has 1 fully saturated rings. The van der Waals surface area contributed by atoms with Crippen molar-refractivity contribution < 1.29 is 13.2 Å². The molecule has 1 heterocycles. The van der Waals surface area contributed by atoms with Crippen LogP contribution in [0.4, 0.5) is 0 Å². The van der Waals surface area contributed by atoms with E-state index < -0.39 is 10.0 Å². The highest BCUT2D eigenvalue weighted by Gasteiger charge is 2.30. The Labute approximate surface area is 160 Å². The lowest BCUT2D eigenvalue weighted by molar-refractivity contribution is 0.404. The molecule has 0 N–H and O–H groups in total. The molecule has 0 spiro atoms. The number of hydrogen-bond donors (Lipinski definition) is 0. The molecule has 2 aromatic rings. The zero-order valence-corrected chi connectivity index (χ0v) is 16.7. The number of hydrogen-bond acceptors (Lipinski definition) is 3. The van der Waals surface area contributed by atoms with Gasteiger partial charge in [-0.3, -0.25) is 0 Å². The molecule has 26 heavy (non-hydrogen) atoms. The third kappa shape index (κ3) is 3.90. The smallest absolute Gasteiger partial charge is 0.243 e. The van der Waals surface area contributed by atoms with Gasteiger partial charge in [-0.2, -0.15) is 4.31 Å². The molecule has 0 aliphatic carbocycles. The van der Waals surface area contributed by atoms with Crippen LogP contribution in [0.15, 0.2) is 47.4 Å². The van der Waals surface area contributed by atoms with E-state index in [4.69, 9.17) is 16.3 Å². The van der Waals surface area contributed by atoms with Gasteiger partial charge >= 0.3 is 0 Å². The van der Waals surface area contributed by atoms with Gasteiger partial charge in [0.1, 0.15) is 5.75 Å². The summed E-state index contributed by atoms with van der Waals surface area (Å²) in [7, 11) is -1.93. The fraction of sp³-hybridized carbons (Fsp3) is 0.400. The van der Waals surface area contributed by atoms with Gasteiger partial charge in [-0.15, -0.1) is 0 Å². The monoisotopic (exact) mass is 393 g/mol. The van der Waals surface area contributed by atoms with Crippen molar-refractivity contribution >= 4 is 21.6 Å². The Balaban J connectivity index is 1.90. The van der Waals surface area contributed by atoms with Crippen LogP contribution < -0.4 is 4.74 Å². The van der Waals surface area contributed by atoms with E-state index in [1.54, 1.807) is 36.5 Å². The van der Waals surface area contributed by atoms with E-state index in [1.807, 2.05) is 24.3 Å². The molecule has 1 aliphatic rings. The summed E-state index contributed by atoms with van der Waals surface area (Å²) in [5.74, 6) is 0.985. The van der Waals surface area contributed by atoms with Gasteiger partial charge < -0.3 is 4.74 Å². The Kier molecular flexibility index (Phi) is 5.90. The Morgan fingerprint density at radius 2 is 1.85 bits per heavy atom. The van der Waals surface area contributed by atoms with Crippen LogP contribution in [0.2, 0.25) is 5.02 Å². The van der Waals surface area contributed by atoms with E-state index in [2.05, 4.69) is 0 Å². The van der Waals surface area contributed by atoms with Gasteiger partial charge in [0.2, 0.25) is 10.0 Å². The minimum Gasteiger partial charge on any atom is -0.497 e. The van der Waals surface area contributed by atoms with Crippen molar-refractivity contribution in [2.75, 3.05) is 20.2 Å². The highest BCUT2D eigenvalue weighted by molar-refractivity contribution is 7.89. The molecule has 0 amide bonds. The number of rotatable bonds is 4. The van der Waals surface area contributed by atoms with Crippen LogP contribution in [0.1, 0.15) is 36.3 Å². The third-order valence-electron chi connectivity index (χ3n) is 5.06. The molecule has 4 nitrogen and oxygen atoms in total. The highest BCUT2D eigenvalue weighted by Crippen LogP contribution is 2.32. The highest BCUT2D eigenvalue weighted by atomic mass is 35.5. The summed E-state index contributed by atoms with van der Waals surface area (Å²) < 4.78 is 33.3. The Bertz CT molecular complexity index is 865. The fourth-order valence-corrected chi connectivity index (χ4v) is 5.48. The van der Waals surface area contributed by atoms with Crippen LogP contribution in [0.25, 0.3) is 0 Å². The lowest BCUT2D eigenvalue weighted by Crippen LogP contribution is -2.34. The fourth-order valence-electron chi connectivity index (χ4n) is 3.48. The molecule has 0 saturated carbocycles. The molecule has 6 heteroatoms. The molecular weight excluding hydrogens is 370 g/mol. The van der Waals surface area contributed by atoms with E-state index in [9.17, 15) is 8.42 Å². The zero-order chi connectivity index (χ0) is 18.7. The van der Waals surface area contributed by atoms with Crippen molar-refractivity contribution in [3.05, 3.63) is 58.6 Å². The SMILES string of the molecule is COc1ccc(C2CCCCN(S(=O)(=O)c3cccc(Cl)c3C)C2)cc1. The molecule has 1 atom stereocenters. The first kappa shape index (κ1) is 19.2. The molecule has 0 bridgehead atoms. The van der Waals surface area contributed by atoms with E-state index in [0.717, 1.165) is 30.6 Å². The number of halogens is 1. The van der Waals surface area contributed by atoms with Crippen LogP contribution in [-0.2, 0) is 10.0 Å². The predicted molar refractivity (Wildman–Crippen MR) is 105 cm³/mol. The maximum atomic E-state index is 13.2. The summed E-state index contributed by atoms with van der Waals surface area (Å²) >= 11 is 6.15. The van der Waals surface area contributed by atoms with Crippen molar-refractivity contribution in [3.63, 3.8) is 0 Å². The van der Waals surface area contributed by atoms with Crippen molar-refractivity contribution in [2.45, 2.75) is 37.0 Å². The largest absolute Gasteiger partial charge is 0.497 e. The van der Waals surface area contributed by atoms with Gasteiger partial charge in [-0.25, -0.2) is 8.42 Å². The average Bonchev–Trinajstić information content (AvgIpc) is 2.91. The third-order valence-corrected chi connectivity index (χ3v) is 7.48. The quantitative estimate of drug-likeness (QED) is 0.761. The molecule has 1 aliphatic heterocycles. The number of benzene rings is 2. The summed E-state index contributed by atoms with van der Waals surface area (Å²) in [5.41, 5.74) is 1.76. The van der Waals surface area contributed by atoms with Crippen LogP contribution in [0.5, 0.6) is 5.75 Å². The molecule has 140 valence electrons. The number of ether oxygens (including phenoxy) is 1. The second-order valence-corrected chi connectivity index (χ2v) is 9.01. The first-order valence-corrected chi connectivity index (χ1v) is 10.6. The Morgan fingerprint density at radius 1 is 1.12 bits per heavy atom. The maximum absolute atomic E-state index is 13.2. The van der Waals surface area contributed by atoms with Crippen molar-refractivity contribution in [1.82, 2.24) is 4.31 Å². The summed E-state index contributed by atoms with van der Waals surface area (Å²) in [6.45, 7) is 2.79. The standard InChI is InChI=1S/C20H24ClNO3S/c1-15-19(21)7-5-8-20(15)26(23,24)22-13-4-3-6-17(14-22)16-9-11-18(25-2)12-10-16/h5,7-12,17H,3-4,6,13-14H2,1-2H3. The second-order valence-electron chi connectivity index (χ2n) is 6.69. The molecule has 0 radical (unpaired) electrons. The molecular formula is C20H24ClNO3S. The van der Waals surface area contributed by atoms with Gasteiger partial charge in [0, 0.05) is 18.1 Å². The number of nitrogens with zero attached hydrogens (tertiary/aromatic N) is 1. The Hall–Kier alpha value is -1.56. The van der Waals surface area contributed by atoms with Crippen LogP contribution in [0.3, 0.4) is 0 Å². The predicted octanol–water partition coefficient (Wildman–Crippen LogP) is 4.62. The lowest BCUT2D eigenvalue weighted by Gasteiger charge is -2.25. The minimum absolute atomic E-state index is 0.178. The molecule has 0 aromatic heterocycles. The van der Waals surface area contributed by atoms with E-state index >= 15 is 0 Å². The minimum atomic E-state index is -3.57. The normalized spacial score (nSPS) is 19.1. The van der Waals surface area contributed by atoms with Crippen molar-refractivity contribution in [1.29, 1.82) is 0 Å². The first-order valence-electron chi connectivity index (χ1n) is 8.82. The summed E-state index contributed by atoms with van der Waals surface area (Å²) in [6, 6.07) is 13.0. The summed E-state index contributed by atoms with van der Waals surface area (Å²) in [6.07, 6.45) is 2.86. The van der Waals surface area contributed by atoms with E-state index in [0.29, 0.717) is 28.6 Å². The molecule has 3 rings (SSSR count). The number of sulfonamides is 1. The van der Waals surface area contributed by atoms with Crippen molar-refractivity contribution in [2.24, 2.45) is 0 Å². The Morgan fingerprint density at radius 3 is 2.54 bits per heavy atom. The topological polar surface area (TPSA) is 46.6 Å². The van der Waals surface area contributed by atoms with Gasteiger partial charge in [-0.1, -0.05) is 36.2 Å². The maximum Gasteiger partial charge on any atom is 0.243 e. The molecule has 1 unspecified atom stereocenters. The van der Waals surface area contributed by atoms with Gasteiger partial charge in [0.15, 0.2) is 0 Å². The molecule has 1 saturated heterocycles. The second kappa shape index (κ2) is 7.99. The summed E-state index contributed by atoms with van der Waals surface area (Å²) in [4.78, 5) is 0.306.